The van der Waals surface area contributed by atoms with E-state index in [4.69, 9.17) is 5.26 Å². The first kappa shape index (κ1) is 10.1. The van der Waals surface area contributed by atoms with Gasteiger partial charge in [0.1, 0.15) is 6.07 Å². The van der Waals surface area contributed by atoms with Crippen LogP contribution in [0, 0.1) is 14.9 Å². The van der Waals surface area contributed by atoms with E-state index in [-0.39, 0.29) is 5.88 Å². The number of hydrogen-bond donors (Lipinski definition) is 0. The molecule has 0 radical (unpaired) electrons. The van der Waals surface area contributed by atoms with E-state index in [1.165, 1.54) is 12.3 Å². The molecule has 0 aliphatic rings. The fourth-order valence-electron chi connectivity index (χ4n) is 0.658. The molecule has 68 valence electrons. The fraction of sp³-hybridized carbons (Fsp3) is 0.143. The Morgan fingerprint density at radius 2 is 2.31 bits per heavy atom. The van der Waals surface area contributed by atoms with Crippen LogP contribution in [0.5, 0.6) is 5.88 Å². The molecular formula is C7H3F2IN2O. The number of alkyl halides is 2. The van der Waals surface area contributed by atoms with Crippen LogP contribution in [0.4, 0.5) is 8.78 Å². The van der Waals surface area contributed by atoms with E-state index in [1.54, 1.807) is 22.6 Å². The molecule has 0 bridgehead atoms. The summed E-state index contributed by atoms with van der Waals surface area (Å²) in [5.41, 5.74) is 0.311. The van der Waals surface area contributed by atoms with Crippen molar-refractivity contribution in [1.82, 2.24) is 4.98 Å². The third kappa shape index (κ3) is 2.77. The highest BCUT2D eigenvalue weighted by Crippen LogP contribution is 2.20. The highest BCUT2D eigenvalue weighted by molar-refractivity contribution is 14.1. The number of hydrogen-bond acceptors (Lipinski definition) is 3. The number of nitriles is 1. The Kier molecular flexibility index (Phi) is 3.36. The van der Waals surface area contributed by atoms with Crippen molar-refractivity contribution in [3.8, 4) is 11.9 Å². The zero-order valence-corrected chi connectivity index (χ0v) is 8.33. The lowest BCUT2D eigenvalue weighted by Crippen LogP contribution is -2.05. The van der Waals surface area contributed by atoms with Gasteiger partial charge in [0.2, 0.25) is 5.88 Å². The summed E-state index contributed by atoms with van der Waals surface area (Å²) < 4.78 is 28.0. The molecule has 3 nitrogen and oxygen atoms in total. The van der Waals surface area contributed by atoms with Gasteiger partial charge in [0.15, 0.2) is 0 Å². The summed E-state index contributed by atoms with van der Waals surface area (Å²) in [7, 11) is 0. The maximum atomic E-state index is 11.8. The molecule has 0 fully saturated rings. The summed E-state index contributed by atoms with van der Waals surface area (Å²) >= 11 is 1.77. The fourth-order valence-corrected chi connectivity index (χ4v) is 1.26. The second kappa shape index (κ2) is 4.32. The first-order valence-electron chi connectivity index (χ1n) is 3.14. The van der Waals surface area contributed by atoms with Crippen LogP contribution >= 0.6 is 22.6 Å². The highest BCUT2D eigenvalue weighted by Gasteiger charge is 2.09. The molecule has 0 spiro atoms. The zero-order valence-electron chi connectivity index (χ0n) is 6.17. The lowest BCUT2D eigenvalue weighted by Gasteiger charge is -2.04. The molecule has 0 amide bonds. The molecule has 0 aromatic carbocycles. The summed E-state index contributed by atoms with van der Waals surface area (Å²) in [6.45, 7) is -2.89. The van der Waals surface area contributed by atoms with Gasteiger partial charge in [-0.15, -0.1) is 0 Å². The topological polar surface area (TPSA) is 45.9 Å². The van der Waals surface area contributed by atoms with Gasteiger partial charge in [-0.1, -0.05) is 0 Å². The molecular weight excluding hydrogens is 293 g/mol. The van der Waals surface area contributed by atoms with E-state index >= 15 is 0 Å². The van der Waals surface area contributed by atoms with E-state index in [0.717, 1.165) is 0 Å². The van der Waals surface area contributed by atoms with Crippen LogP contribution in [0.25, 0.3) is 0 Å². The quantitative estimate of drug-likeness (QED) is 0.786. The third-order valence-electron chi connectivity index (χ3n) is 1.14. The standard InChI is InChI=1S/C7H3F2IN2O/c8-7(9)13-6-5(10)1-4(2-11)3-12-6/h1,3,7H. The van der Waals surface area contributed by atoms with Crippen LogP contribution in [-0.4, -0.2) is 11.6 Å². The van der Waals surface area contributed by atoms with Gasteiger partial charge in [-0.3, -0.25) is 0 Å². The van der Waals surface area contributed by atoms with E-state index in [9.17, 15) is 8.78 Å². The lowest BCUT2D eigenvalue weighted by atomic mass is 10.3. The Hall–Kier alpha value is -0.970. The van der Waals surface area contributed by atoms with Crippen molar-refractivity contribution < 1.29 is 13.5 Å². The van der Waals surface area contributed by atoms with E-state index in [0.29, 0.717) is 9.13 Å². The number of aromatic nitrogens is 1. The van der Waals surface area contributed by atoms with Crippen molar-refractivity contribution in [3.63, 3.8) is 0 Å². The molecule has 13 heavy (non-hydrogen) atoms. The Morgan fingerprint density at radius 3 is 2.77 bits per heavy atom. The van der Waals surface area contributed by atoms with Crippen molar-refractivity contribution in [2.45, 2.75) is 6.61 Å². The monoisotopic (exact) mass is 296 g/mol. The van der Waals surface area contributed by atoms with Crippen molar-refractivity contribution in [3.05, 3.63) is 21.4 Å². The molecule has 1 aromatic heterocycles. The predicted molar refractivity (Wildman–Crippen MR) is 48.3 cm³/mol. The largest absolute Gasteiger partial charge is 0.416 e. The van der Waals surface area contributed by atoms with Crippen LogP contribution in [0.3, 0.4) is 0 Å². The molecule has 1 heterocycles. The van der Waals surface area contributed by atoms with Gasteiger partial charge in [0, 0.05) is 6.20 Å². The summed E-state index contributed by atoms with van der Waals surface area (Å²) in [6.07, 6.45) is 1.18. The molecule has 0 aliphatic carbocycles. The van der Waals surface area contributed by atoms with Gasteiger partial charge in [-0.25, -0.2) is 4.98 Å². The Balaban J connectivity index is 2.93. The van der Waals surface area contributed by atoms with Gasteiger partial charge >= 0.3 is 6.61 Å². The maximum absolute atomic E-state index is 11.8. The number of nitrogens with zero attached hydrogens (tertiary/aromatic N) is 2. The third-order valence-corrected chi connectivity index (χ3v) is 1.91. The second-order valence-corrected chi connectivity index (χ2v) is 3.16. The van der Waals surface area contributed by atoms with Gasteiger partial charge < -0.3 is 4.74 Å². The molecule has 6 heteroatoms. The van der Waals surface area contributed by atoms with Crippen LogP contribution in [-0.2, 0) is 0 Å². The van der Waals surface area contributed by atoms with E-state index in [1.807, 2.05) is 6.07 Å². The molecule has 0 saturated heterocycles. The molecule has 0 unspecified atom stereocenters. The van der Waals surface area contributed by atoms with Gasteiger partial charge in [0.05, 0.1) is 9.13 Å². The molecule has 0 atom stereocenters. The summed E-state index contributed by atoms with van der Waals surface area (Å²) in [4.78, 5) is 3.56. The van der Waals surface area contributed by atoms with E-state index in [2.05, 4.69) is 9.72 Å². The molecule has 1 rings (SSSR count). The average molecular weight is 296 g/mol. The number of ether oxygens (including phenoxy) is 1. The van der Waals surface area contributed by atoms with Gasteiger partial charge in [-0.05, 0) is 28.7 Å². The SMILES string of the molecule is N#Cc1cnc(OC(F)F)c(I)c1. The van der Waals surface area contributed by atoms with Crippen molar-refractivity contribution in [1.29, 1.82) is 5.26 Å². The first-order chi connectivity index (χ1) is 6.13. The van der Waals surface area contributed by atoms with Crippen molar-refractivity contribution in [2.75, 3.05) is 0 Å². The summed E-state index contributed by atoms with van der Waals surface area (Å²) in [5, 5.41) is 8.45. The lowest BCUT2D eigenvalue weighted by molar-refractivity contribution is -0.0534. The van der Waals surface area contributed by atoms with Gasteiger partial charge in [0.25, 0.3) is 0 Å². The number of rotatable bonds is 2. The summed E-state index contributed by atoms with van der Waals surface area (Å²) in [6, 6.07) is 3.26. The predicted octanol–water partition coefficient (Wildman–Crippen LogP) is 2.16. The van der Waals surface area contributed by atoms with Gasteiger partial charge in [-0.2, -0.15) is 14.0 Å². The number of pyridine rings is 1. The van der Waals surface area contributed by atoms with Crippen LogP contribution in [0.15, 0.2) is 12.3 Å². The first-order valence-corrected chi connectivity index (χ1v) is 4.22. The van der Waals surface area contributed by atoms with Crippen LogP contribution in [0.2, 0.25) is 0 Å². The molecule has 0 N–H and O–H groups in total. The minimum absolute atomic E-state index is 0.158. The maximum Gasteiger partial charge on any atom is 0.388 e. The van der Waals surface area contributed by atoms with Crippen LogP contribution in [0.1, 0.15) is 5.56 Å². The van der Waals surface area contributed by atoms with Crippen molar-refractivity contribution >= 4 is 22.6 Å². The molecule has 1 aromatic rings. The molecule has 0 saturated carbocycles. The van der Waals surface area contributed by atoms with E-state index < -0.39 is 6.61 Å². The minimum atomic E-state index is -2.89. The molecule has 0 aliphatic heterocycles. The highest BCUT2D eigenvalue weighted by atomic mass is 127. The second-order valence-electron chi connectivity index (χ2n) is 2.00. The Bertz CT molecular complexity index is 351. The number of halogens is 3. The summed E-state index contributed by atoms with van der Waals surface area (Å²) in [5.74, 6) is -0.158. The average Bonchev–Trinajstić information content (AvgIpc) is 2.08. The Labute approximate surface area is 86.5 Å². The smallest absolute Gasteiger partial charge is 0.388 e. The minimum Gasteiger partial charge on any atom is -0.416 e. The Morgan fingerprint density at radius 1 is 1.62 bits per heavy atom. The normalized spacial score (nSPS) is 9.77. The van der Waals surface area contributed by atoms with Crippen molar-refractivity contribution in [2.24, 2.45) is 0 Å². The van der Waals surface area contributed by atoms with Crippen LogP contribution < -0.4 is 4.74 Å². The zero-order chi connectivity index (χ0) is 9.84.